The second-order valence-electron chi connectivity index (χ2n) is 5.76. The van der Waals surface area contributed by atoms with E-state index in [2.05, 4.69) is 4.98 Å². The maximum absolute atomic E-state index is 12.7. The van der Waals surface area contributed by atoms with E-state index in [0.29, 0.717) is 22.8 Å². The number of aromatic nitrogens is 1. The molecule has 0 atom stereocenters. The lowest BCUT2D eigenvalue weighted by Crippen LogP contribution is -2.31. The number of fused-ring (bicyclic) bond motifs is 1. The molecule has 6 heteroatoms. The number of nitrogens with zero attached hydrogens (tertiary/aromatic N) is 1. The molecule has 1 N–H and O–H groups in total. The number of H-pyrrole nitrogens is 1. The number of benzene rings is 2. The van der Waals surface area contributed by atoms with E-state index in [0.717, 1.165) is 10.9 Å². The van der Waals surface area contributed by atoms with Crippen molar-refractivity contribution in [1.82, 2.24) is 9.88 Å². The molecule has 1 amide bonds. The molecule has 0 saturated heterocycles. The molecule has 3 aromatic rings. The molecule has 0 aliphatic carbocycles. The van der Waals surface area contributed by atoms with Gasteiger partial charge in [-0.25, -0.2) is 0 Å². The van der Waals surface area contributed by atoms with Crippen LogP contribution in [-0.2, 0) is 6.54 Å². The minimum absolute atomic E-state index is 0.0882. The first kappa shape index (κ1) is 17.0. The molecule has 0 spiro atoms. The van der Waals surface area contributed by atoms with Gasteiger partial charge in [-0.15, -0.1) is 0 Å². The molecule has 25 heavy (non-hydrogen) atoms. The lowest BCUT2D eigenvalue weighted by Gasteiger charge is -2.17. The molecular weight excluding hydrogens is 340 g/mol. The van der Waals surface area contributed by atoms with Gasteiger partial charge in [0.15, 0.2) is 0 Å². The van der Waals surface area contributed by atoms with Crippen LogP contribution in [0.4, 0.5) is 0 Å². The third kappa shape index (κ3) is 3.67. The Morgan fingerprint density at radius 3 is 2.72 bits per heavy atom. The van der Waals surface area contributed by atoms with E-state index in [4.69, 9.17) is 16.3 Å². The van der Waals surface area contributed by atoms with Crippen LogP contribution in [0.3, 0.4) is 0 Å². The third-order valence-corrected chi connectivity index (χ3v) is 4.17. The van der Waals surface area contributed by atoms with Crippen molar-refractivity contribution >= 4 is 28.4 Å². The summed E-state index contributed by atoms with van der Waals surface area (Å²) in [5, 5.41) is 1.34. The molecule has 1 aromatic heterocycles. The first-order valence-corrected chi connectivity index (χ1v) is 8.06. The van der Waals surface area contributed by atoms with E-state index in [1.54, 1.807) is 50.6 Å². The molecule has 1 heterocycles. The Morgan fingerprint density at radius 2 is 2.00 bits per heavy atom. The van der Waals surface area contributed by atoms with Gasteiger partial charge in [0.05, 0.1) is 7.11 Å². The van der Waals surface area contributed by atoms with Crippen molar-refractivity contribution < 1.29 is 9.53 Å². The summed E-state index contributed by atoms with van der Waals surface area (Å²) in [5.74, 6) is 0.302. The normalized spacial score (nSPS) is 10.7. The Morgan fingerprint density at radius 1 is 1.20 bits per heavy atom. The molecule has 0 saturated carbocycles. The molecule has 5 nitrogen and oxygen atoms in total. The molecule has 0 aliphatic heterocycles. The molecule has 0 bridgehead atoms. The summed E-state index contributed by atoms with van der Waals surface area (Å²) < 4.78 is 5.19. The van der Waals surface area contributed by atoms with Crippen LogP contribution >= 0.6 is 11.6 Å². The number of amides is 1. The van der Waals surface area contributed by atoms with Crippen molar-refractivity contribution in [2.24, 2.45) is 0 Å². The predicted molar refractivity (Wildman–Crippen MR) is 98.4 cm³/mol. The van der Waals surface area contributed by atoms with Crippen LogP contribution in [0.15, 0.2) is 53.3 Å². The van der Waals surface area contributed by atoms with Crippen LogP contribution in [0, 0.1) is 0 Å². The van der Waals surface area contributed by atoms with Crippen molar-refractivity contribution in [1.29, 1.82) is 0 Å². The molecule has 2 aromatic carbocycles. The highest BCUT2D eigenvalue weighted by Gasteiger charge is 2.17. The fourth-order valence-corrected chi connectivity index (χ4v) is 2.87. The fourth-order valence-electron chi connectivity index (χ4n) is 2.66. The van der Waals surface area contributed by atoms with E-state index < -0.39 is 5.56 Å². The summed E-state index contributed by atoms with van der Waals surface area (Å²) in [6.07, 6.45) is 0. The van der Waals surface area contributed by atoms with Crippen molar-refractivity contribution in [3.63, 3.8) is 0 Å². The number of rotatable bonds is 4. The van der Waals surface area contributed by atoms with Crippen LogP contribution < -0.4 is 10.3 Å². The highest BCUT2D eigenvalue weighted by atomic mass is 35.5. The van der Waals surface area contributed by atoms with Gasteiger partial charge in [0.2, 0.25) is 0 Å². The minimum atomic E-state index is -0.416. The number of aromatic amines is 1. The predicted octanol–water partition coefficient (Wildman–Crippen LogP) is 3.46. The number of nitrogens with one attached hydrogen (secondary N) is 1. The van der Waals surface area contributed by atoms with E-state index in [1.807, 2.05) is 12.1 Å². The summed E-state index contributed by atoms with van der Waals surface area (Å²) in [4.78, 5) is 29.2. The minimum Gasteiger partial charge on any atom is -0.497 e. The van der Waals surface area contributed by atoms with Gasteiger partial charge in [0.25, 0.3) is 11.5 Å². The van der Waals surface area contributed by atoms with Crippen molar-refractivity contribution in [2.75, 3.05) is 14.2 Å². The molecule has 128 valence electrons. The maximum atomic E-state index is 12.7. The van der Waals surface area contributed by atoms with Gasteiger partial charge >= 0.3 is 0 Å². The van der Waals surface area contributed by atoms with Crippen molar-refractivity contribution in [3.8, 4) is 5.75 Å². The molecular formula is C19H17ClN2O3. The number of carbonyl (C=O) groups excluding carboxylic acids is 1. The molecule has 0 aliphatic rings. The molecule has 0 unspecified atom stereocenters. The van der Waals surface area contributed by atoms with E-state index >= 15 is 0 Å². The topological polar surface area (TPSA) is 62.4 Å². The largest absolute Gasteiger partial charge is 0.497 e. The number of carbonyl (C=O) groups is 1. The highest BCUT2D eigenvalue weighted by molar-refractivity contribution is 6.30. The van der Waals surface area contributed by atoms with Crippen LogP contribution in [0.1, 0.15) is 15.9 Å². The summed E-state index contributed by atoms with van der Waals surface area (Å²) in [6, 6.07) is 14.1. The Kier molecular flexibility index (Phi) is 4.76. The number of halogens is 1. The zero-order valence-electron chi connectivity index (χ0n) is 13.9. The van der Waals surface area contributed by atoms with E-state index in [1.165, 1.54) is 4.90 Å². The second-order valence-corrected chi connectivity index (χ2v) is 6.19. The number of hydrogen-bond donors (Lipinski definition) is 1. The smallest absolute Gasteiger partial charge is 0.261 e. The zero-order valence-corrected chi connectivity index (χ0v) is 14.6. The van der Waals surface area contributed by atoms with Crippen LogP contribution in [0.2, 0.25) is 5.02 Å². The quantitative estimate of drug-likeness (QED) is 0.778. The van der Waals surface area contributed by atoms with Crippen LogP contribution in [0.5, 0.6) is 5.75 Å². The summed E-state index contributed by atoms with van der Waals surface area (Å²) >= 11 is 5.97. The maximum Gasteiger partial charge on any atom is 0.261 e. The van der Waals surface area contributed by atoms with E-state index in [9.17, 15) is 9.59 Å². The number of ether oxygens (including phenoxy) is 1. The Bertz CT molecular complexity index is 997. The number of hydrogen-bond acceptors (Lipinski definition) is 3. The van der Waals surface area contributed by atoms with Gasteiger partial charge in [0, 0.05) is 29.5 Å². The van der Waals surface area contributed by atoms with Gasteiger partial charge in [-0.3, -0.25) is 9.59 Å². The summed E-state index contributed by atoms with van der Waals surface area (Å²) in [6.45, 7) is 0.356. The molecule has 0 radical (unpaired) electrons. The number of methoxy groups -OCH3 is 1. The monoisotopic (exact) mass is 356 g/mol. The summed E-state index contributed by atoms with van der Waals surface area (Å²) in [5.41, 5.74) is 1.22. The van der Waals surface area contributed by atoms with Crippen molar-refractivity contribution in [2.45, 2.75) is 6.54 Å². The Balaban J connectivity index is 1.92. The standard InChI is InChI=1S/C19H17ClN2O3/c1-22(11-12-4-3-5-14(20)8-12)19(24)16-10-13-9-15(25-2)6-7-17(13)21-18(16)23/h3-10H,11H2,1-2H3,(H,21,23). The fraction of sp³-hybridized carbons (Fsp3) is 0.158. The van der Waals surface area contributed by atoms with Crippen LogP contribution in [0.25, 0.3) is 10.9 Å². The zero-order chi connectivity index (χ0) is 18.0. The molecule has 0 fully saturated rings. The van der Waals surface area contributed by atoms with E-state index in [-0.39, 0.29) is 11.5 Å². The van der Waals surface area contributed by atoms with Crippen LogP contribution in [-0.4, -0.2) is 29.9 Å². The van der Waals surface area contributed by atoms with Crippen molar-refractivity contribution in [3.05, 3.63) is 75.0 Å². The Hall–Kier alpha value is -2.79. The lowest BCUT2D eigenvalue weighted by atomic mass is 10.1. The van der Waals surface area contributed by atoms with Gasteiger partial charge in [-0.1, -0.05) is 23.7 Å². The lowest BCUT2D eigenvalue weighted by molar-refractivity contribution is 0.0783. The SMILES string of the molecule is COc1ccc2[nH]c(=O)c(C(=O)N(C)Cc3cccc(Cl)c3)cc2c1. The third-order valence-electron chi connectivity index (χ3n) is 3.94. The molecule has 3 rings (SSSR count). The number of pyridine rings is 1. The first-order valence-electron chi connectivity index (χ1n) is 7.69. The Labute approximate surface area is 149 Å². The van der Waals surface area contributed by atoms with Gasteiger partial charge in [-0.05, 0) is 42.0 Å². The second kappa shape index (κ2) is 6.99. The van der Waals surface area contributed by atoms with Gasteiger partial charge < -0.3 is 14.6 Å². The first-order chi connectivity index (χ1) is 12.0. The highest BCUT2D eigenvalue weighted by Crippen LogP contribution is 2.19. The average Bonchev–Trinajstić information content (AvgIpc) is 2.60. The van der Waals surface area contributed by atoms with Gasteiger partial charge in [0.1, 0.15) is 11.3 Å². The van der Waals surface area contributed by atoms with Gasteiger partial charge in [-0.2, -0.15) is 0 Å². The average molecular weight is 357 g/mol. The summed E-state index contributed by atoms with van der Waals surface area (Å²) in [7, 11) is 3.22.